The Bertz CT molecular complexity index is 1460. The summed E-state index contributed by atoms with van der Waals surface area (Å²) < 4.78 is 22.9. The maximum absolute atomic E-state index is 13.3. The first-order chi connectivity index (χ1) is 38.6. The third-order valence-corrected chi connectivity index (χ3v) is 16.1. The molecule has 0 bridgehead atoms. The van der Waals surface area contributed by atoms with E-state index in [9.17, 15) is 45.6 Å². The van der Waals surface area contributed by atoms with Crippen molar-refractivity contribution < 1.29 is 64.6 Å². The molecule has 0 aromatic carbocycles. The first kappa shape index (κ1) is 73.3. The number of amides is 1. The Balaban J connectivity index is 1.68. The van der Waals surface area contributed by atoms with Gasteiger partial charge >= 0.3 is 0 Å². The number of aliphatic hydroxyl groups is 8. The molecule has 12 atom stereocenters. The summed E-state index contributed by atoms with van der Waals surface area (Å²) in [5.41, 5.74) is 0. The van der Waals surface area contributed by atoms with E-state index in [1.54, 1.807) is 0 Å². The Hall–Kier alpha value is -1.79. The minimum atomic E-state index is -1.78. The van der Waals surface area contributed by atoms with E-state index in [4.69, 9.17) is 18.9 Å². The van der Waals surface area contributed by atoms with Gasteiger partial charge in [0.15, 0.2) is 12.6 Å². The molecule has 2 heterocycles. The van der Waals surface area contributed by atoms with E-state index in [2.05, 4.69) is 55.6 Å². The maximum Gasteiger partial charge on any atom is 0.220 e. The number of hydrogen-bond acceptors (Lipinski definition) is 13. The monoisotopic (exact) mass is 1120 g/mol. The van der Waals surface area contributed by atoms with Crippen LogP contribution in [0.25, 0.3) is 0 Å². The summed E-state index contributed by atoms with van der Waals surface area (Å²) in [6, 6.07) is -0.835. The van der Waals surface area contributed by atoms with Gasteiger partial charge in [0.25, 0.3) is 0 Å². The molecule has 2 aliphatic heterocycles. The van der Waals surface area contributed by atoms with Crippen molar-refractivity contribution in [1.82, 2.24) is 5.32 Å². The molecule has 12 unspecified atom stereocenters. The normalized spacial score (nSPS) is 24.6. The van der Waals surface area contributed by atoms with Gasteiger partial charge in [0, 0.05) is 6.42 Å². The molecule has 14 nitrogen and oxygen atoms in total. The number of ether oxygens (including phenoxy) is 4. The molecule has 2 fully saturated rings. The number of allylic oxidation sites excluding steroid dienone is 6. The molecule has 9 N–H and O–H groups in total. The minimum Gasteiger partial charge on any atom is -0.394 e. The predicted molar refractivity (Wildman–Crippen MR) is 318 cm³/mol. The van der Waals surface area contributed by atoms with Crippen molar-refractivity contribution in [2.24, 2.45) is 0 Å². The molecule has 2 aliphatic rings. The lowest BCUT2D eigenvalue weighted by molar-refractivity contribution is -0.359. The van der Waals surface area contributed by atoms with Gasteiger partial charge in [-0.3, -0.25) is 4.79 Å². The molecular formula is C65H121NO13. The van der Waals surface area contributed by atoms with Gasteiger partial charge in [0.1, 0.15) is 48.8 Å². The van der Waals surface area contributed by atoms with E-state index in [1.807, 2.05) is 0 Å². The second-order valence-electron chi connectivity index (χ2n) is 23.2. The number of rotatable bonds is 53. The Morgan fingerprint density at radius 3 is 1.34 bits per heavy atom. The molecule has 464 valence electrons. The van der Waals surface area contributed by atoms with Crippen molar-refractivity contribution in [1.29, 1.82) is 0 Å². The third kappa shape index (κ3) is 35.8. The van der Waals surface area contributed by atoms with Crippen LogP contribution in [0.2, 0.25) is 0 Å². The van der Waals surface area contributed by atoms with E-state index >= 15 is 0 Å². The molecule has 79 heavy (non-hydrogen) atoms. The van der Waals surface area contributed by atoms with Gasteiger partial charge in [-0.15, -0.1) is 0 Å². The van der Waals surface area contributed by atoms with Gasteiger partial charge in [0.2, 0.25) is 5.91 Å². The number of hydrogen-bond donors (Lipinski definition) is 9. The Kier molecular flexibility index (Phi) is 47.0. The van der Waals surface area contributed by atoms with Gasteiger partial charge in [-0.2, -0.15) is 0 Å². The van der Waals surface area contributed by atoms with Crippen LogP contribution < -0.4 is 5.32 Å². The first-order valence-corrected chi connectivity index (χ1v) is 32.7. The zero-order valence-corrected chi connectivity index (χ0v) is 50.1. The smallest absolute Gasteiger partial charge is 0.220 e. The molecule has 0 spiro atoms. The highest BCUT2D eigenvalue weighted by Crippen LogP contribution is 2.30. The van der Waals surface area contributed by atoms with Crippen molar-refractivity contribution in [2.45, 2.75) is 351 Å². The number of unbranched alkanes of at least 4 members (excludes halogenated alkanes) is 34. The molecule has 0 saturated carbocycles. The standard InChI is InChI=1S/C65H121NO13/c1-3-5-7-9-11-13-15-17-19-21-22-23-24-25-26-27-28-29-30-31-33-34-36-38-40-42-44-46-48-54(69)53(66-57(70)49-47-45-43-41-39-37-35-32-20-18-16-14-12-10-8-6-4-2)52-76-64-62(75)60(73)63(56(51-68)78-64)79-65-61(74)59(72)58(71)55(50-67)77-65/h6,8,12,14,18,20,53-56,58-65,67-69,71-75H,3-5,7,9-11,13,15-17,19,21-52H2,1-2H3,(H,66,70)/b8-6-,14-12-,20-18-. The highest BCUT2D eigenvalue weighted by Gasteiger charge is 2.51. The van der Waals surface area contributed by atoms with Crippen molar-refractivity contribution in [3.8, 4) is 0 Å². The average Bonchev–Trinajstić information content (AvgIpc) is 3.47. The van der Waals surface area contributed by atoms with Gasteiger partial charge in [-0.1, -0.05) is 262 Å². The van der Waals surface area contributed by atoms with Crippen molar-refractivity contribution in [3.63, 3.8) is 0 Å². The number of carbonyl (C=O) groups excluding carboxylic acids is 1. The van der Waals surface area contributed by atoms with Gasteiger partial charge in [0.05, 0.1) is 32.0 Å². The lowest BCUT2D eigenvalue weighted by Gasteiger charge is -2.46. The zero-order chi connectivity index (χ0) is 57.4. The fraction of sp³-hybridized carbons (Fsp3) is 0.892. The Morgan fingerprint density at radius 2 is 0.873 bits per heavy atom. The summed E-state index contributed by atoms with van der Waals surface area (Å²) in [6.07, 6.45) is 45.9. The zero-order valence-electron chi connectivity index (χ0n) is 50.1. The molecule has 14 heteroatoms. The van der Waals surface area contributed by atoms with Crippen molar-refractivity contribution >= 4 is 5.91 Å². The maximum atomic E-state index is 13.3. The fourth-order valence-electron chi connectivity index (χ4n) is 10.9. The topological polar surface area (TPSA) is 228 Å². The van der Waals surface area contributed by atoms with Crippen LogP contribution in [0.15, 0.2) is 36.5 Å². The molecule has 2 rings (SSSR count). The summed E-state index contributed by atoms with van der Waals surface area (Å²) in [4.78, 5) is 13.3. The van der Waals surface area contributed by atoms with Crippen molar-refractivity contribution in [3.05, 3.63) is 36.5 Å². The molecule has 2 saturated heterocycles. The van der Waals surface area contributed by atoms with Crippen LogP contribution >= 0.6 is 0 Å². The molecule has 0 aromatic heterocycles. The van der Waals surface area contributed by atoms with E-state index in [0.717, 1.165) is 77.0 Å². The van der Waals surface area contributed by atoms with E-state index in [-0.39, 0.29) is 12.5 Å². The molecule has 0 aliphatic carbocycles. The van der Waals surface area contributed by atoms with Crippen LogP contribution in [-0.2, 0) is 23.7 Å². The summed E-state index contributed by atoms with van der Waals surface area (Å²) in [5, 5.41) is 87.4. The summed E-state index contributed by atoms with van der Waals surface area (Å²) in [6.45, 7) is 2.77. The lowest BCUT2D eigenvalue weighted by atomic mass is 9.97. The van der Waals surface area contributed by atoms with Crippen LogP contribution in [0.3, 0.4) is 0 Å². The average molecular weight is 1120 g/mol. The first-order valence-electron chi connectivity index (χ1n) is 32.7. The summed E-state index contributed by atoms with van der Waals surface area (Å²) in [5.74, 6) is -0.214. The third-order valence-electron chi connectivity index (χ3n) is 16.1. The van der Waals surface area contributed by atoms with E-state index in [0.29, 0.717) is 19.3 Å². The number of aliphatic hydroxyl groups excluding tert-OH is 8. The van der Waals surface area contributed by atoms with E-state index in [1.165, 1.54) is 167 Å². The Labute approximate surface area is 481 Å². The van der Waals surface area contributed by atoms with Crippen LogP contribution in [0.4, 0.5) is 0 Å². The van der Waals surface area contributed by atoms with Gasteiger partial charge in [-0.25, -0.2) is 0 Å². The second-order valence-corrected chi connectivity index (χ2v) is 23.2. The van der Waals surface area contributed by atoms with Crippen LogP contribution in [0.1, 0.15) is 277 Å². The fourth-order valence-corrected chi connectivity index (χ4v) is 10.9. The molecular weight excluding hydrogens is 1000 g/mol. The quantitative estimate of drug-likeness (QED) is 0.0204. The predicted octanol–water partition coefficient (Wildman–Crippen LogP) is 12.2. The second kappa shape index (κ2) is 50.7. The van der Waals surface area contributed by atoms with Crippen LogP contribution in [-0.4, -0.2) is 140 Å². The highest BCUT2D eigenvalue weighted by molar-refractivity contribution is 5.76. The Morgan fingerprint density at radius 1 is 0.468 bits per heavy atom. The molecule has 0 aromatic rings. The number of nitrogens with one attached hydrogen (secondary N) is 1. The summed E-state index contributed by atoms with van der Waals surface area (Å²) in [7, 11) is 0. The van der Waals surface area contributed by atoms with Crippen molar-refractivity contribution in [2.75, 3.05) is 19.8 Å². The van der Waals surface area contributed by atoms with Crippen LogP contribution in [0.5, 0.6) is 0 Å². The van der Waals surface area contributed by atoms with Gasteiger partial charge < -0.3 is 65.1 Å². The summed E-state index contributed by atoms with van der Waals surface area (Å²) >= 11 is 0. The van der Waals surface area contributed by atoms with E-state index < -0.39 is 86.8 Å². The van der Waals surface area contributed by atoms with Crippen LogP contribution in [0, 0.1) is 0 Å². The highest BCUT2D eigenvalue weighted by atomic mass is 16.7. The lowest BCUT2D eigenvalue weighted by Crippen LogP contribution is -2.65. The minimum absolute atomic E-state index is 0.214. The molecule has 1 amide bonds. The largest absolute Gasteiger partial charge is 0.394 e. The molecule has 0 radical (unpaired) electrons. The SMILES string of the molecule is CC/C=C\C/C=C\C/C=C\CCCCCCCCCC(=O)NC(COC1OC(CO)C(OC2OC(CO)C(O)C(O)C2O)C(O)C1O)C(O)CCCCCCCCCCCCCCCCCCCCCCCCCCCCCC. The van der Waals surface area contributed by atoms with Gasteiger partial charge in [-0.05, 0) is 44.9 Å². The number of carbonyl (C=O) groups is 1.